The highest BCUT2D eigenvalue weighted by atomic mass is 16.6. The van der Waals surface area contributed by atoms with Gasteiger partial charge in [-0.3, -0.25) is 9.59 Å². The second-order valence-corrected chi connectivity index (χ2v) is 6.84. The number of carbonyl (C=O) groups excluding carboxylic acids is 3. The zero-order valence-corrected chi connectivity index (χ0v) is 14.8. The molecule has 0 saturated heterocycles. The molecule has 3 atom stereocenters. The second kappa shape index (κ2) is 7.55. The Morgan fingerprint density at radius 3 is 2.20 bits per heavy atom. The van der Waals surface area contributed by atoms with Gasteiger partial charge in [-0.15, -0.1) is 0 Å². The lowest BCUT2D eigenvalue weighted by Crippen LogP contribution is -2.35. The van der Waals surface area contributed by atoms with Crippen molar-refractivity contribution in [2.45, 2.75) is 39.0 Å². The Bertz CT molecular complexity index is 637. The smallest absolute Gasteiger partial charge is 0.407 e. The normalized spacial score (nSPS) is 21.8. The average Bonchev–Trinajstić information content (AvgIpc) is 3.24. The van der Waals surface area contributed by atoms with Crippen LogP contribution in [0.5, 0.6) is 0 Å². The number of amides is 1. The van der Waals surface area contributed by atoms with Gasteiger partial charge in [0.05, 0.1) is 25.0 Å². The molecule has 1 aromatic rings. The fourth-order valence-electron chi connectivity index (χ4n) is 2.48. The number of rotatable bonds is 5. The summed E-state index contributed by atoms with van der Waals surface area (Å²) in [5.41, 5.74) is 0.158. The summed E-state index contributed by atoms with van der Waals surface area (Å²) in [5, 5.41) is 2.54. The van der Waals surface area contributed by atoms with Crippen molar-refractivity contribution < 1.29 is 28.6 Å². The first-order valence-corrected chi connectivity index (χ1v) is 8.01. The molecular weight excluding hydrogens is 326 g/mol. The predicted molar refractivity (Wildman–Crippen MR) is 88.4 cm³/mol. The van der Waals surface area contributed by atoms with Gasteiger partial charge in [-0.05, 0) is 26.3 Å². The molecule has 136 valence electrons. The van der Waals surface area contributed by atoms with Crippen LogP contribution < -0.4 is 5.32 Å². The van der Waals surface area contributed by atoms with Crippen molar-refractivity contribution >= 4 is 18.0 Å². The quantitative estimate of drug-likeness (QED) is 0.646. The number of ether oxygens (including phenoxy) is 3. The molecule has 1 aromatic carbocycles. The lowest BCUT2D eigenvalue weighted by molar-refractivity contribution is -0.150. The van der Waals surface area contributed by atoms with Gasteiger partial charge in [0.25, 0.3) is 0 Å². The average molecular weight is 349 g/mol. The van der Waals surface area contributed by atoms with Gasteiger partial charge in [0, 0.05) is 0 Å². The van der Waals surface area contributed by atoms with E-state index in [-0.39, 0.29) is 6.61 Å². The second-order valence-electron chi connectivity index (χ2n) is 6.84. The summed E-state index contributed by atoms with van der Waals surface area (Å²) in [7, 11) is 1.23. The van der Waals surface area contributed by atoms with E-state index in [0.29, 0.717) is 0 Å². The minimum absolute atomic E-state index is 0.100. The van der Waals surface area contributed by atoms with Gasteiger partial charge in [-0.25, -0.2) is 4.79 Å². The molecule has 0 heterocycles. The molecule has 0 spiro atoms. The molecule has 1 saturated carbocycles. The highest BCUT2D eigenvalue weighted by Crippen LogP contribution is 2.41. The van der Waals surface area contributed by atoms with E-state index in [0.717, 1.165) is 5.56 Å². The maximum absolute atomic E-state index is 12.3. The molecule has 1 aliphatic rings. The van der Waals surface area contributed by atoms with Gasteiger partial charge >= 0.3 is 18.0 Å². The van der Waals surface area contributed by atoms with Crippen LogP contribution in [0.1, 0.15) is 26.3 Å². The maximum atomic E-state index is 12.3. The third-order valence-corrected chi connectivity index (χ3v) is 3.67. The van der Waals surface area contributed by atoms with Crippen LogP contribution in [0.15, 0.2) is 30.3 Å². The zero-order chi connectivity index (χ0) is 18.6. The van der Waals surface area contributed by atoms with Crippen molar-refractivity contribution in [1.82, 2.24) is 5.32 Å². The van der Waals surface area contributed by atoms with Gasteiger partial charge in [0.15, 0.2) is 0 Å². The third-order valence-electron chi connectivity index (χ3n) is 3.67. The lowest BCUT2D eigenvalue weighted by atomic mass is 10.2. The van der Waals surface area contributed by atoms with Gasteiger partial charge in [0.1, 0.15) is 12.2 Å². The molecule has 0 bridgehead atoms. The minimum atomic E-state index is -0.774. The topological polar surface area (TPSA) is 90.9 Å². The van der Waals surface area contributed by atoms with Gasteiger partial charge in [-0.2, -0.15) is 0 Å². The number of hydrogen-bond acceptors (Lipinski definition) is 6. The number of esters is 2. The number of hydrogen-bond donors (Lipinski definition) is 1. The van der Waals surface area contributed by atoms with Crippen molar-refractivity contribution in [3.05, 3.63) is 35.9 Å². The predicted octanol–water partition coefficient (Wildman–Crippen LogP) is 2.04. The Labute approximate surface area is 146 Å². The van der Waals surface area contributed by atoms with Crippen molar-refractivity contribution in [1.29, 1.82) is 0 Å². The molecule has 0 unspecified atom stereocenters. The largest absolute Gasteiger partial charge is 0.469 e. The summed E-state index contributed by atoms with van der Waals surface area (Å²) in [6.07, 6.45) is -0.690. The molecule has 0 aliphatic heterocycles. The lowest BCUT2D eigenvalue weighted by Gasteiger charge is -2.19. The van der Waals surface area contributed by atoms with Crippen molar-refractivity contribution in [3.8, 4) is 0 Å². The van der Waals surface area contributed by atoms with E-state index in [1.165, 1.54) is 7.11 Å². The Morgan fingerprint density at radius 2 is 1.64 bits per heavy atom. The van der Waals surface area contributed by atoms with Gasteiger partial charge in [-0.1, -0.05) is 30.3 Å². The Hall–Kier alpha value is -2.57. The molecule has 0 radical (unpaired) electrons. The molecule has 1 N–H and O–H groups in total. The summed E-state index contributed by atoms with van der Waals surface area (Å²) in [6.45, 7) is 5.28. The molecule has 7 heteroatoms. The molecule has 25 heavy (non-hydrogen) atoms. The summed E-state index contributed by atoms with van der Waals surface area (Å²) >= 11 is 0. The monoisotopic (exact) mass is 349 g/mol. The molecule has 1 amide bonds. The van der Waals surface area contributed by atoms with E-state index in [4.69, 9.17) is 14.2 Å². The van der Waals surface area contributed by atoms with Gasteiger partial charge in [0.2, 0.25) is 0 Å². The number of carbonyl (C=O) groups is 3. The van der Waals surface area contributed by atoms with E-state index >= 15 is 0 Å². The summed E-state index contributed by atoms with van der Waals surface area (Å²) < 4.78 is 15.1. The van der Waals surface area contributed by atoms with Crippen LogP contribution in [-0.4, -0.2) is 36.8 Å². The van der Waals surface area contributed by atoms with Crippen LogP contribution >= 0.6 is 0 Å². The van der Waals surface area contributed by atoms with E-state index in [1.54, 1.807) is 20.8 Å². The fraction of sp³-hybridized carbons (Fsp3) is 0.500. The van der Waals surface area contributed by atoms with Gasteiger partial charge < -0.3 is 19.5 Å². The highest BCUT2D eigenvalue weighted by Gasteiger charge is 2.62. The summed E-state index contributed by atoms with van der Waals surface area (Å²) in [6, 6.07) is 8.50. The van der Waals surface area contributed by atoms with Crippen molar-refractivity contribution in [2.75, 3.05) is 7.11 Å². The van der Waals surface area contributed by atoms with Crippen LogP contribution in [0.4, 0.5) is 4.79 Å². The first-order valence-electron chi connectivity index (χ1n) is 8.01. The Balaban J connectivity index is 1.95. The summed E-state index contributed by atoms with van der Waals surface area (Å²) in [4.78, 5) is 36.0. The molecule has 1 fully saturated rings. The van der Waals surface area contributed by atoms with Crippen LogP contribution in [0.25, 0.3) is 0 Å². The minimum Gasteiger partial charge on any atom is -0.469 e. The number of nitrogens with one attached hydrogen (secondary N) is 1. The maximum Gasteiger partial charge on any atom is 0.407 e. The number of benzene rings is 1. The fourth-order valence-corrected chi connectivity index (χ4v) is 2.48. The SMILES string of the molecule is COC(=O)[C@H]1[C@H](NC(=O)OC(C)(C)C)[C@@H]1C(=O)OCc1ccccc1. The third kappa shape index (κ3) is 5.20. The van der Waals surface area contributed by atoms with Crippen LogP contribution in [-0.2, 0) is 30.4 Å². The molecule has 0 aromatic heterocycles. The van der Waals surface area contributed by atoms with E-state index in [1.807, 2.05) is 30.3 Å². The summed E-state index contributed by atoms with van der Waals surface area (Å²) in [5.74, 6) is -2.66. The number of methoxy groups -OCH3 is 1. The number of alkyl carbamates (subject to hydrolysis) is 1. The van der Waals surface area contributed by atoms with Crippen LogP contribution in [0, 0.1) is 11.8 Å². The Kier molecular flexibility index (Phi) is 5.66. The Morgan fingerprint density at radius 1 is 1.04 bits per heavy atom. The van der Waals surface area contributed by atoms with Crippen molar-refractivity contribution in [2.24, 2.45) is 11.8 Å². The van der Waals surface area contributed by atoms with E-state index in [2.05, 4.69) is 5.32 Å². The first-order chi connectivity index (χ1) is 11.7. The molecule has 1 aliphatic carbocycles. The first kappa shape index (κ1) is 18.8. The molecule has 7 nitrogen and oxygen atoms in total. The molecule has 2 rings (SSSR count). The van der Waals surface area contributed by atoms with E-state index < -0.39 is 41.5 Å². The zero-order valence-electron chi connectivity index (χ0n) is 14.8. The van der Waals surface area contributed by atoms with Crippen LogP contribution in [0.2, 0.25) is 0 Å². The standard InChI is InChI=1S/C18H23NO6/c1-18(2,3)25-17(22)19-14-12(15(20)23-4)13(14)16(21)24-10-11-8-6-5-7-9-11/h5-9,12-14H,10H2,1-4H3,(H,19,22)/t12-,13-,14+/m1/s1. The molecular formula is C18H23NO6. The highest BCUT2D eigenvalue weighted by molar-refractivity contribution is 5.90. The van der Waals surface area contributed by atoms with E-state index in [9.17, 15) is 14.4 Å². The van der Waals surface area contributed by atoms with Crippen molar-refractivity contribution in [3.63, 3.8) is 0 Å². The van der Waals surface area contributed by atoms with Crippen LogP contribution in [0.3, 0.4) is 0 Å².